The molecule has 0 aliphatic rings. The fourth-order valence-electron chi connectivity index (χ4n) is 1.29. The van der Waals surface area contributed by atoms with Crippen LogP contribution in [0.2, 0.25) is 0 Å². The van der Waals surface area contributed by atoms with Gasteiger partial charge in [-0.25, -0.2) is 10.2 Å². The molecule has 0 heterocycles. The predicted molar refractivity (Wildman–Crippen MR) is 55.0 cm³/mol. The molecule has 0 aromatic rings. The first-order valence-corrected chi connectivity index (χ1v) is 4.75. The quantitative estimate of drug-likeness (QED) is 0.346. The number of guanidine groups is 1. The minimum atomic E-state index is -0.890. The van der Waals surface area contributed by atoms with Crippen LogP contribution in [-0.2, 0) is 4.79 Å². The summed E-state index contributed by atoms with van der Waals surface area (Å²) in [4.78, 5) is 11.0. The summed E-state index contributed by atoms with van der Waals surface area (Å²) in [5, 5.41) is 16.4. The van der Waals surface area contributed by atoms with Gasteiger partial charge in [-0.2, -0.15) is 0 Å². The highest BCUT2D eigenvalue weighted by molar-refractivity contribution is 5.76. The second-order valence-corrected chi connectivity index (χ2v) is 3.92. The van der Waals surface area contributed by atoms with Crippen molar-refractivity contribution in [3.8, 4) is 0 Å². The van der Waals surface area contributed by atoms with Crippen molar-refractivity contribution in [1.82, 2.24) is 0 Å². The van der Waals surface area contributed by atoms with Crippen LogP contribution in [0.15, 0.2) is 0 Å². The summed E-state index contributed by atoms with van der Waals surface area (Å²) in [6, 6.07) is -0.618. The Balaban J connectivity index is 4.64. The van der Waals surface area contributed by atoms with Gasteiger partial charge in [0.1, 0.15) is 0 Å². The molecule has 82 valence electrons. The SMILES string of the molecule is CCCCC(C(=O)O)[N+](C)(C)C(=N)N. The highest BCUT2D eigenvalue weighted by Gasteiger charge is 2.37. The number of quaternary nitrogens is 1. The van der Waals surface area contributed by atoms with Crippen molar-refractivity contribution in [1.29, 1.82) is 5.41 Å². The van der Waals surface area contributed by atoms with Crippen molar-refractivity contribution in [3.05, 3.63) is 0 Å². The molecule has 0 aromatic heterocycles. The van der Waals surface area contributed by atoms with E-state index in [-0.39, 0.29) is 10.4 Å². The van der Waals surface area contributed by atoms with Crippen LogP contribution >= 0.6 is 0 Å². The molecule has 0 radical (unpaired) electrons. The zero-order valence-corrected chi connectivity index (χ0v) is 9.08. The fraction of sp³-hybridized carbons (Fsp3) is 0.778. The van der Waals surface area contributed by atoms with E-state index in [1.165, 1.54) is 0 Å². The van der Waals surface area contributed by atoms with Gasteiger partial charge in [0.05, 0.1) is 14.1 Å². The van der Waals surface area contributed by atoms with Gasteiger partial charge in [0.2, 0.25) is 0 Å². The van der Waals surface area contributed by atoms with E-state index < -0.39 is 12.0 Å². The number of carboxylic acids is 1. The van der Waals surface area contributed by atoms with E-state index >= 15 is 0 Å². The molecule has 0 aromatic carbocycles. The lowest BCUT2D eigenvalue weighted by molar-refractivity contribution is -0.820. The van der Waals surface area contributed by atoms with E-state index in [1.807, 2.05) is 6.92 Å². The number of carboxylic acid groups (broad SMARTS) is 1. The van der Waals surface area contributed by atoms with E-state index in [9.17, 15) is 4.79 Å². The fourth-order valence-corrected chi connectivity index (χ4v) is 1.29. The third kappa shape index (κ3) is 2.99. The lowest BCUT2D eigenvalue weighted by Crippen LogP contribution is -2.59. The minimum Gasteiger partial charge on any atom is -0.477 e. The standard InChI is InChI=1S/C9H19N3O2/c1-4-5-6-7(8(13)14)12(2,3)9(10)11/h7H,4-6H2,1-3H3,(H3-,10,11,13,14)/p+1. The van der Waals surface area contributed by atoms with Crippen molar-refractivity contribution >= 4 is 11.9 Å². The molecule has 5 heteroatoms. The molecule has 0 rings (SSSR count). The highest BCUT2D eigenvalue weighted by atomic mass is 16.4. The number of carbonyl (C=O) groups is 1. The zero-order chi connectivity index (χ0) is 11.4. The average Bonchev–Trinajstić information content (AvgIpc) is 2.03. The van der Waals surface area contributed by atoms with Crippen LogP contribution in [0.3, 0.4) is 0 Å². The number of rotatable bonds is 5. The summed E-state index contributed by atoms with van der Waals surface area (Å²) in [7, 11) is 3.30. The Bertz CT molecular complexity index is 226. The van der Waals surface area contributed by atoms with Gasteiger partial charge < -0.3 is 10.8 Å². The van der Waals surface area contributed by atoms with Crippen LogP contribution < -0.4 is 5.73 Å². The van der Waals surface area contributed by atoms with Crippen LogP contribution in [0.1, 0.15) is 26.2 Å². The number of aliphatic carboxylic acids is 1. The topological polar surface area (TPSA) is 87.2 Å². The van der Waals surface area contributed by atoms with Gasteiger partial charge in [-0.15, -0.1) is 0 Å². The van der Waals surface area contributed by atoms with Crippen LogP contribution in [0.4, 0.5) is 0 Å². The first kappa shape index (κ1) is 12.9. The number of nitrogens with two attached hydrogens (primary N) is 1. The summed E-state index contributed by atoms with van der Waals surface area (Å²) >= 11 is 0. The lowest BCUT2D eigenvalue weighted by Gasteiger charge is -2.32. The molecule has 0 spiro atoms. The Morgan fingerprint density at radius 2 is 2.07 bits per heavy atom. The van der Waals surface area contributed by atoms with E-state index in [4.69, 9.17) is 16.2 Å². The third-order valence-corrected chi connectivity index (χ3v) is 2.52. The Morgan fingerprint density at radius 1 is 1.57 bits per heavy atom. The van der Waals surface area contributed by atoms with Gasteiger partial charge in [0.15, 0.2) is 6.04 Å². The number of nitrogens with one attached hydrogen (secondary N) is 1. The number of likely N-dealkylation sites (N-methyl/N-ethyl adjacent to an activating group) is 1. The van der Waals surface area contributed by atoms with Gasteiger partial charge in [-0.1, -0.05) is 13.3 Å². The normalized spacial score (nSPS) is 13.6. The molecular formula is C9H20N3O2+. The van der Waals surface area contributed by atoms with Crippen LogP contribution in [0.5, 0.6) is 0 Å². The number of unbranched alkanes of at least 4 members (excludes halogenated alkanes) is 1. The molecule has 1 atom stereocenters. The molecule has 0 aliphatic heterocycles. The molecule has 0 amide bonds. The van der Waals surface area contributed by atoms with Crippen LogP contribution in [0.25, 0.3) is 0 Å². The average molecular weight is 202 g/mol. The van der Waals surface area contributed by atoms with Gasteiger partial charge in [-0.05, 0) is 6.42 Å². The first-order chi connectivity index (χ1) is 6.34. The summed E-state index contributed by atoms with van der Waals surface area (Å²) in [5.41, 5.74) is 5.37. The second kappa shape index (κ2) is 4.95. The molecule has 5 nitrogen and oxygen atoms in total. The molecule has 4 N–H and O–H groups in total. The lowest BCUT2D eigenvalue weighted by atomic mass is 10.1. The Hall–Kier alpha value is -1.10. The molecule has 1 unspecified atom stereocenters. The molecular weight excluding hydrogens is 182 g/mol. The largest absolute Gasteiger partial charge is 0.477 e. The number of hydrogen-bond acceptors (Lipinski definition) is 2. The second-order valence-electron chi connectivity index (χ2n) is 3.92. The Morgan fingerprint density at radius 3 is 2.36 bits per heavy atom. The maximum Gasteiger partial charge on any atom is 0.363 e. The number of nitrogens with zero attached hydrogens (tertiary/aromatic N) is 1. The molecule has 0 saturated heterocycles. The summed E-state index contributed by atoms with van der Waals surface area (Å²) in [6.45, 7) is 2.01. The summed E-state index contributed by atoms with van der Waals surface area (Å²) in [5.74, 6) is -1.01. The molecule has 0 saturated carbocycles. The summed E-state index contributed by atoms with van der Waals surface area (Å²) in [6.07, 6.45) is 2.34. The summed E-state index contributed by atoms with van der Waals surface area (Å²) < 4.78 is -0.0741. The van der Waals surface area contributed by atoms with Gasteiger partial charge in [0.25, 0.3) is 5.96 Å². The van der Waals surface area contributed by atoms with Gasteiger partial charge >= 0.3 is 5.97 Å². The van der Waals surface area contributed by atoms with E-state index in [1.54, 1.807) is 14.1 Å². The predicted octanol–water partition coefficient (Wildman–Crippen LogP) is 0.600. The van der Waals surface area contributed by atoms with Crippen LogP contribution in [0, 0.1) is 5.41 Å². The maximum absolute atomic E-state index is 11.0. The van der Waals surface area contributed by atoms with Crippen molar-refractivity contribution in [2.75, 3.05) is 14.1 Å². The number of hydrogen-bond donors (Lipinski definition) is 3. The minimum absolute atomic E-state index is 0.0741. The van der Waals surface area contributed by atoms with Crippen molar-refractivity contribution in [2.45, 2.75) is 32.2 Å². The zero-order valence-electron chi connectivity index (χ0n) is 9.08. The van der Waals surface area contributed by atoms with Crippen molar-refractivity contribution < 1.29 is 14.4 Å². The highest BCUT2D eigenvalue weighted by Crippen LogP contribution is 2.13. The monoisotopic (exact) mass is 202 g/mol. The smallest absolute Gasteiger partial charge is 0.363 e. The molecule has 0 fully saturated rings. The van der Waals surface area contributed by atoms with Crippen molar-refractivity contribution in [3.63, 3.8) is 0 Å². The van der Waals surface area contributed by atoms with Crippen molar-refractivity contribution in [2.24, 2.45) is 5.73 Å². The van der Waals surface area contributed by atoms with E-state index in [0.717, 1.165) is 12.8 Å². The molecule has 0 aliphatic carbocycles. The third-order valence-electron chi connectivity index (χ3n) is 2.52. The first-order valence-electron chi connectivity index (χ1n) is 4.75. The Labute approximate surface area is 84.6 Å². The Kier molecular flexibility index (Phi) is 4.56. The van der Waals surface area contributed by atoms with E-state index in [0.29, 0.717) is 6.42 Å². The maximum atomic E-state index is 11.0. The molecule has 0 bridgehead atoms. The molecule has 14 heavy (non-hydrogen) atoms. The van der Waals surface area contributed by atoms with Crippen LogP contribution in [-0.4, -0.2) is 41.7 Å². The van der Waals surface area contributed by atoms with Gasteiger partial charge in [-0.3, -0.25) is 4.48 Å². The van der Waals surface area contributed by atoms with E-state index in [2.05, 4.69) is 0 Å². The van der Waals surface area contributed by atoms with Gasteiger partial charge in [0, 0.05) is 6.42 Å².